The Bertz CT molecular complexity index is 271. The Morgan fingerprint density at radius 2 is 2.14 bits per heavy atom. The smallest absolute Gasteiger partial charge is 0.305 e. The maximum absolute atomic E-state index is 11.5. The fourth-order valence-corrected chi connectivity index (χ4v) is 2.56. The molecule has 2 fully saturated rings. The molecule has 0 aromatic rings. The highest BCUT2D eigenvalue weighted by Gasteiger charge is 2.47. The predicted octanol–water partition coefficient (Wildman–Crippen LogP) is 1.01. The number of aliphatic carboxylic acids is 1. The van der Waals surface area contributed by atoms with Gasteiger partial charge in [0.15, 0.2) is 0 Å². The number of carbonyl (C=O) groups excluding carboxylic acids is 1. The lowest BCUT2D eigenvalue weighted by atomic mass is 9.73. The van der Waals surface area contributed by atoms with Crippen LogP contribution in [0.2, 0.25) is 0 Å². The third kappa shape index (κ3) is 1.38. The Hall–Kier alpha value is -1.06. The molecule has 0 atom stereocenters. The predicted molar refractivity (Wildman–Crippen MR) is 49.8 cm³/mol. The maximum atomic E-state index is 11.5. The highest BCUT2D eigenvalue weighted by Crippen LogP contribution is 2.42. The normalized spacial score (nSPS) is 24.9. The molecule has 0 radical (unpaired) electrons. The minimum atomic E-state index is -0.788. The van der Waals surface area contributed by atoms with Gasteiger partial charge in [-0.1, -0.05) is 0 Å². The van der Waals surface area contributed by atoms with Crippen LogP contribution in [0.25, 0.3) is 0 Å². The number of rotatable bonds is 3. The molecule has 14 heavy (non-hydrogen) atoms. The molecule has 78 valence electrons. The van der Waals surface area contributed by atoms with Gasteiger partial charge in [0.2, 0.25) is 5.91 Å². The number of carbonyl (C=O) groups is 2. The zero-order valence-corrected chi connectivity index (χ0v) is 8.16. The lowest BCUT2D eigenvalue weighted by molar-refractivity contribution is -0.147. The summed E-state index contributed by atoms with van der Waals surface area (Å²) in [5, 5.41) is 8.82. The van der Waals surface area contributed by atoms with Crippen molar-refractivity contribution in [3.05, 3.63) is 0 Å². The van der Waals surface area contributed by atoms with Crippen LogP contribution in [0.3, 0.4) is 0 Å². The first kappa shape index (κ1) is 9.49. The third-order valence-electron chi connectivity index (χ3n) is 3.41. The van der Waals surface area contributed by atoms with Gasteiger partial charge in [0.1, 0.15) is 0 Å². The highest BCUT2D eigenvalue weighted by molar-refractivity contribution is 5.80. The number of amides is 1. The van der Waals surface area contributed by atoms with Crippen LogP contribution in [-0.2, 0) is 9.59 Å². The zero-order valence-electron chi connectivity index (χ0n) is 8.16. The number of nitrogens with zero attached hydrogens (tertiary/aromatic N) is 1. The van der Waals surface area contributed by atoms with Crippen LogP contribution in [0.4, 0.5) is 0 Å². The molecule has 2 aliphatic rings. The van der Waals surface area contributed by atoms with E-state index >= 15 is 0 Å². The molecule has 1 saturated heterocycles. The van der Waals surface area contributed by atoms with Crippen molar-refractivity contribution in [2.75, 3.05) is 6.54 Å². The summed E-state index contributed by atoms with van der Waals surface area (Å²) in [5.41, 5.74) is -0.320. The van der Waals surface area contributed by atoms with Crippen LogP contribution in [0.15, 0.2) is 0 Å². The van der Waals surface area contributed by atoms with Gasteiger partial charge in [-0.15, -0.1) is 0 Å². The molecule has 0 aromatic heterocycles. The van der Waals surface area contributed by atoms with Crippen LogP contribution in [0, 0.1) is 0 Å². The van der Waals surface area contributed by atoms with Crippen molar-refractivity contribution in [2.45, 2.75) is 44.1 Å². The van der Waals surface area contributed by atoms with E-state index < -0.39 is 5.97 Å². The summed E-state index contributed by atoms with van der Waals surface area (Å²) < 4.78 is 0. The summed E-state index contributed by atoms with van der Waals surface area (Å²) in [6.45, 7) is 0.756. The molecular weight excluding hydrogens is 182 g/mol. The molecule has 4 heteroatoms. The van der Waals surface area contributed by atoms with Crippen molar-refractivity contribution in [1.82, 2.24) is 4.90 Å². The molecule has 1 N–H and O–H groups in total. The van der Waals surface area contributed by atoms with E-state index in [1.165, 1.54) is 0 Å². The maximum Gasteiger partial charge on any atom is 0.305 e. The fraction of sp³-hybridized carbons (Fsp3) is 0.800. The van der Waals surface area contributed by atoms with Gasteiger partial charge in [-0.25, -0.2) is 0 Å². The van der Waals surface area contributed by atoms with Crippen LogP contribution < -0.4 is 0 Å². The largest absolute Gasteiger partial charge is 0.481 e. The molecule has 0 aromatic carbocycles. The van der Waals surface area contributed by atoms with Crippen LogP contribution in [0.5, 0.6) is 0 Å². The summed E-state index contributed by atoms with van der Waals surface area (Å²) in [7, 11) is 0. The molecule has 1 aliphatic heterocycles. The first-order chi connectivity index (χ1) is 6.64. The van der Waals surface area contributed by atoms with E-state index in [1.807, 2.05) is 4.90 Å². The van der Waals surface area contributed by atoms with E-state index in [9.17, 15) is 9.59 Å². The van der Waals surface area contributed by atoms with E-state index in [1.54, 1.807) is 0 Å². The van der Waals surface area contributed by atoms with Gasteiger partial charge in [-0.3, -0.25) is 9.59 Å². The quantitative estimate of drug-likeness (QED) is 0.734. The Labute approximate surface area is 82.9 Å². The fourth-order valence-electron chi connectivity index (χ4n) is 2.56. The summed E-state index contributed by atoms with van der Waals surface area (Å²) in [6, 6.07) is 0. The van der Waals surface area contributed by atoms with E-state index in [2.05, 4.69) is 0 Å². The monoisotopic (exact) mass is 197 g/mol. The van der Waals surface area contributed by atoms with E-state index in [-0.39, 0.29) is 17.9 Å². The van der Waals surface area contributed by atoms with Crippen molar-refractivity contribution in [3.8, 4) is 0 Å². The van der Waals surface area contributed by atoms with Crippen LogP contribution in [0.1, 0.15) is 38.5 Å². The molecule has 2 rings (SSSR count). The SMILES string of the molecule is O=C(O)CC1(N2CCCC2=O)CCC1. The summed E-state index contributed by atoms with van der Waals surface area (Å²) >= 11 is 0. The van der Waals surface area contributed by atoms with E-state index in [4.69, 9.17) is 5.11 Å². The Morgan fingerprint density at radius 1 is 1.43 bits per heavy atom. The lowest BCUT2D eigenvalue weighted by Gasteiger charge is -2.48. The molecule has 0 bridgehead atoms. The number of hydrogen-bond acceptors (Lipinski definition) is 2. The van der Waals surface area contributed by atoms with Crippen molar-refractivity contribution < 1.29 is 14.7 Å². The van der Waals surface area contributed by atoms with Crippen LogP contribution in [-0.4, -0.2) is 34.0 Å². The van der Waals surface area contributed by atoms with Crippen molar-refractivity contribution >= 4 is 11.9 Å². The Balaban J connectivity index is 2.11. The minimum absolute atomic E-state index is 0.124. The Morgan fingerprint density at radius 3 is 2.50 bits per heavy atom. The van der Waals surface area contributed by atoms with Gasteiger partial charge >= 0.3 is 5.97 Å². The number of likely N-dealkylation sites (tertiary alicyclic amines) is 1. The molecule has 4 nitrogen and oxygen atoms in total. The summed E-state index contributed by atoms with van der Waals surface area (Å²) in [6.07, 6.45) is 4.40. The van der Waals surface area contributed by atoms with Gasteiger partial charge in [-0.05, 0) is 25.7 Å². The first-order valence-corrected chi connectivity index (χ1v) is 5.16. The average Bonchev–Trinajstić information content (AvgIpc) is 2.44. The van der Waals surface area contributed by atoms with Gasteiger partial charge < -0.3 is 10.0 Å². The highest BCUT2D eigenvalue weighted by atomic mass is 16.4. The second kappa shape index (κ2) is 3.26. The molecule has 0 spiro atoms. The second-order valence-corrected chi connectivity index (χ2v) is 4.30. The lowest BCUT2D eigenvalue weighted by Crippen LogP contribution is -2.55. The molecule has 1 saturated carbocycles. The number of hydrogen-bond donors (Lipinski definition) is 1. The first-order valence-electron chi connectivity index (χ1n) is 5.16. The van der Waals surface area contributed by atoms with E-state index in [0.717, 1.165) is 32.2 Å². The summed E-state index contributed by atoms with van der Waals surface area (Å²) in [5.74, 6) is -0.643. The second-order valence-electron chi connectivity index (χ2n) is 4.30. The molecular formula is C10H15NO3. The van der Waals surface area contributed by atoms with E-state index in [0.29, 0.717) is 6.42 Å². The average molecular weight is 197 g/mol. The van der Waals surface area contributed by atoms with Crippen molar-refractivity contribution in [2.24, 2.45) is 0 Å². The third-order valence-corrected chi connectivity index (χ3v) is 3.41. The molecule has 1 aliphatic carbocycles. The van der Waals surface area contributed by atoms with Crippen LogP contribution >= 0.6 is 0 Å². The molecule has 0 unspecified atom stereocenters. The zero-order chi connectivity index (χ0) is 10.2. The van der Waals surface area contributed by atoms with Gasteiger partial charge in [-0.2, -0.15) is 0 Å². The summed E-state index contributed by atoms with van der Waals surface area (Å²) in [4.78, 5) is 24.1. The standard InChI is InChI=1S/C10H15NO3/c12-8-3-1-6-11(8)10(4-2-5-10)7-9(13)14/h1-7H2,(H,13,14). The topological polar surface area (TPSA) is 57.6 Å². The van der Waals surface area contributed by atoms with Crippen molar-refractivity contribution in [1.29, 1.82) is 0 Å². The molecule has 1 heterocycles. The van der Waals surface area contributed by atoms with Gasteiger partial charge in [0.25, 0.3) is 0 Å². The number of carboxylic acid groups (broad SMARTS) is 1. The van der Waals surface area contributed by atoms with Gasteiger partial charge in [0, 0.05) is 13.0 Å². The molecule has 1 amide bonds. The van der Waals surface area contributed by atoms with Crippen molar-refractivity contribution in [3.63, 3.8) is 0 Å². The Kier molecular flexibility index (Phi) is 2.21. The van der Waals surface area contributed by atoms with Gasteiger partial charge in [0.05, 0.1) is 12.0 Å². The number of carboxylic acids is 1. The minimum Gasteiger partial charge on any atom is -0.481 e.